The zero-order chi connectivity index (χ0) is 22.1. The fourth-order valence-corrected chi connectivity index (χ4v) is 3.62. The number of pyridine rings is 1. The van der Waals surface area contributed by atoms with Crippen molar-refractivity contribution in [3.8, 4) is 5.82 Å². The number of hydrogen-bond acceptors (Lipinski definition) is 4. The van der Waals surface area contributed by atoms with Gasteiger partial charge in [0.2, 0.25) is 5.91 Å². The maximum absolute atomic E-state index is 13.1. The van der Waals surface area contributed by atoms with Gasteiger partial charge < -0.3 is 10.2 Å². The topological polar surface area (TPSA) is 80.1 Å². The van der Waals surface area contributed by atoms with Crippen LogP contribution in [-0.4, -0.2) is 50.6 Å². The molecule has 0 aliphatic carbocycles. The number of nitrogens with zero attached hydrogens (tertiary/aromatic N) is 4. The summed E-state index contributed by atoms with van der Waals surface area (Å²) in [6.07, 6.45) is -0.943. The molecule has 0 spiro atoms. The summed E-state index contributed by atoms with van der Waals surface area (Å²) in [5.41, 5.74) is 0.156. The summed E-state index contributed by atoms with van der Waals surface area (Å²) in [5, 5.41) is 7.11. The van der Waals surface area contributed by atoms with E-state index in [-0.39, 0.29) is 29.6 Å². The number of amides is 2. The number of aromatic nitrogens is 3. The van der Waals surface area contributed by atoms with Gasteiger partial charge in [0.1, 0.15) is 0 Å². The quantitative estimate of drug-likeness (QED) is 0.819. The van der Waals surface area contributed by atoms with Crippen LogP contribution in [0.1, 0.15) is 61.1 Å². The van der Waals surface area contributed by atoms with E-state index in [1.807, 2.05) is 13.8 Å². The van der Waals surface area contributed by atoms with Crippen LogP contribution in [0.4, 0.5) is 13.2 Å². The van der Waals surface area contributed by atoms with E-state index in [9.17, 15) is 22.8 Å². The molecule has 1 N–H and O–H groups in total. The molecule has 3 rings (SSSR count). The lowest BCUT2D eigenvalue weighted by atomic mass is 10.0. The van der Waals surface area contributed by atoms with Gasteiger partial charge in [0.25, 0.3) is 5.91 Å². The van der Waals surface area contributed by atoms with Crippen LogP contribution in [0.5, 0.6) is 0 Å². The zero-order valence-corrected chi connectivity index (χ0v) is 17.0. The molecule has 0 radical (unpaired) electrons. The minimum absolute atomic E-state index is 0.0511. The lowest BCUT2D eigenvalue weighted by Gasteiger charge is -2.32. The molecule has 1 aliphatic rings. The van der Waals surface area contributed by atoms with Crippen molar-refractivity contribution in [3.05, 3.63) is 41.3 Å². The third-order valence-corrected chi connectivity index (χ3v) is 5.07. The van der Waals surface area contributed by atoms with Crippen molar-refractivity contribution in [2.75, 3.05) is 13.1 Å². The van der Waals surface area contributed by atoms with Gasteiger partial charge in [0, 0.05) is 32.3 Å². The van der Waals surface area contributed by atoms with Crippen molar-refractivity contribution >= 4 is 11.8 Å². The molecular weight excluding hydrogens is 399 g/mol. The molecule has 2 amide bonds. The van der Waals surface area contributed by atoms with Crippen LogP contribution in [0.25, 0.3) is 5.82 Å². The molecular formula is C20H24F3N5O2. The molecule has 0 bridgehead atoms. The van der Waals surface area contributed by atoms with Crippen LogP contribution in [0.2, 0.25) is 0 Å². The van der Waals surface area contributed by atoms with Crippen molar-refractivity contribution in [2.45, 2.75) is 51.7 Å². The van der Waals surface area contributed by atoms with E-state index in [1.165, 1.54) is 23.9 Å². The van der Waals surface area contributed by atoms with Crippen LogP contribution in [0.3, 0.4) is 0 Å². The van der Waals surface area contributed by atoms with Crippen LogP contribution in [-0.2, 0) is 11.0 Å². The average molecular weight is 423 g/mol. The van der Waals surface area contributed by atoms with E-state index in [0.29, 0.717) is 37.2 Å². The highest BCUT2D eigenvalue weighted by Gasteiger charge is 2.32. The number of carbonyl (C=O) groups excluding carboxylic acids is 2. The van der Waals surface area contributed by atoms with Crippen LogP contribution in [0.15, 0.2) is 24.5 Å². The SMILES string of the molecule is CC(=O)NC1CCN(C(=O)c2cnn(-c3ccc(C(F)(F)F)cn3)c2C(C)C)CC1. The zero-order valence-electron chi connectivity index (χ0n) is 17.0. The molecule has 2 aromatic rings. The number of carbonyl (C=O) groups is 2. The van der Waals surface area contributed by atoms with Crippen LogP contribution < -0.4 is 5.32 Å². The highest BCUT2D eigenvalue weighted by atomic mass is 19.4. The van der Waals surface area contributed by atoms with Gasteiger partial charge in [-0.15, -0.1) is 0 Å². The van der Waals surface area contributed by atoms with Crippen molar-refractivity contribution in [3.63, 3.8) is 0 Å². The highest BCUT2D eigenvalue weighted by Crippen LogP contribution is 2.30. The maximum Gasteiger partial charge on any atom is 0.417 e. The van der Waals surface area contributed by atoms with Crippen LogP contribution >= 0.6 is 0 Å². The van der Waals surface area contributed by atoms with E-state index in [2.05, 4.69) is 15.4 Å². The Morgan fingerprint density at radius 1 is 1.17 bits per heavy atom. The van der Waals surface area contributed by atoms with Gasteiger partial charge in [0.15, 0.2) is 5.82 Å². The summed E-state index contributed by atoms with van der Waals surface area (Å²) in [7, 11) is 0. The molecule has 0 atom stereocenters. The maximum atomic E-state index is 13.1. The summed E-state index contributed by atoms with van der Waals surface area (Å²) in [5.74, 6) is -0.159. The summed E-state index contributed by atoms with van der Waals surface area (Å²) in [6, 6.07) is 2.24. The smallest absolute Gasteiger partial charge is 0.353 e. The Morgan fingerprint density at radius 3 is 2.33 bits per heavy atom. The first-order valence-electron chi connectivity index (χ1n) is 9.76. The first-order valence-corrected chi connectivity index (χ1v) is 9.76. The Morgan fingerprint density at radius 2 is 1.83 bits per heavy atom. The molecule has 10 heteroatoms. The van der Waals surface area contributed by atoms with E-state index in [4.69, 9.17) is 0 Å². The second kappa shape index (κ2) is 8.45. The number of halogens is 3. The molecule has 30 heavy (non-hydrogen) atoms. The van der Waals surface area contributed by atoms with Gasteiger partial charge in [-0.05, 0) is 30.9 Å². The molecule has 1 fully saturated rings. The summed E-state index contributed by atoms with van der Waals surface area (Å²) >= 11 is 0. The van der Waals surface area contributed by atoms with Crippen molar-refractivity contribution in [1.82, 2.24) is 25.0 Å². The Balaban J connectivity index is 1.83. The molecule has 0 saturated carbocycles. The minimum atomic E-state index is -4.47. The number of likely N-dealkylation sites (tertiary alicyclic amines) is 1. The van der Waals surface area contributed by atoms with Gasteiger partial charge >= 0.3 is 6.18 Å². The van der Waals surface area contributed by atoms with Crippen molar-refractivity contribution < 1.29 is 22.8 Å². The Labute approximate surface area is 172 Å². The monoisotopic (exact) mass is 423 g/mol. The molecule has 162 valence electrons. The predicted octanol–water partition coefficient (Wildman–Crippen LogP) is 3.15. The first-order chi connectivity index (χ1) is 14.1. The van der Waals surface area contributed by atoms with Gasteiger partial charge in [-0.25, -0.2) is 9.67 Å². The molecule has 7 nitrogen and oxygen atoms in total. The number of piperidine rings is 1. The summed E-state index contributed by atoms with van der Waals surface area (Å²) in [4.78, 5) is 29.9. The molecule has 1 aliphatic heterocycles. The fraction of sp³-hybridized carbons (Fsp3) is 0.500. The number of hydrogen-bond donors (Lipinski definition) is 1. The molecule has 2 aromatic heterocycles. The van der Waals surface area contributed by atoms with Gasteiger partial charge in [-0.1, -0.05) is 13.8 Å². The summed E-state index contributed by atoms with van der Waals surface area (Å²) < 4.78 is 39.8. The van der Waals surface area contributed by atoms with Gasteiger partial charge in [-0.3, -0.25) is 9.59 Å². The second-order valence-corrected chi connectivity index (χ2v) is 7.68. The van der Waals surface area contributed by atoms with E-state index in [0.717, 1.165) is 12.3 Å². The van der Waals surface area contributed by atoms with Crippen LogP contribution in [0, 0.1) is 0 Å². The van der Waals surface area contributed by atoms with Crippen molar-refractivity contribution in [2.24, 2.45) is 0 Å². The fourth-order valence-electron chi connectivity index (χ4n) is 3.62. The lowest BCUT2D eigenvalue weighted by molar-refractivity contribution is -0.137. The standard InChI is InChI=1S/C20H24F3N5O2/c1-12(2)18-16(19(30)27-8-6-15(7-9-27)26-13(3)29)11-25-28(18)17-5-4-14(10-24-17)20(21,22)23/h4-5,10-12,15H,6-9H2,1-3H3,(H,26,29). The van der Waals surface area contributed by atoms with Crippen molar-refractivity contribution in [1.29, 1.82) is 0 Å². The second-order valence-electron chi connectivity index (χ2n) is 7.68. The van der Waals surface area contributed by atoms with E-state index in [1.54, 1.807) is 4.90 Å². The largest absolute Gasteiger partial charge is 0.417 e. The average Bonchev–Trinajstić information content (AvgIpc) is 3.12. The molecule has 0 aromatic carbocycles. The molecule has 1 saturated heterocycles. The third-order valence-electron chi connectivity index (χ3n) is 5.07. The third kappa shape index (κ3) is 4.63. The predicted molar refractivity (Wildman–Crippen MR) is 103 cm³/mol. The van der Waals surface area contributed by atoms with E-state index >= 15 is 0 Å². The Kier molecular flexibility index (Phi) is 6.14. The van der Waals surface area contributed by atoms with E-state index < -0.39 is 11.7 Å². The normalized spacial score (nSPS) is 15.5. The Bertz CT molecular complexity index is 914. The number of nitrogens with one attached hydrogen (secondary N) is 1. The molecule has 3 heterocycles. The summed E-state index contributed by atoms with van der Waals surface area (Å²) in [6.45, 7) is 6.25. The Hall–Kier alpha value is -2.91. The van der Waals surface area contributed by atoms with Gasteiger partial charge in [0.05, 0.1) is 23.0 Å². The lowest BCUT2D eigenvalue weighted by Crippen LogP contribution is -2.46. The number of alkyl halides is 3. The first kappa shape index (κ1) is 21.8. The molecule has 0 unspecified atom stereocenters. The highest BCUT2D eigenvalue weighted by molar-refractivity contribution is 5.95. The number of rotatable bonds is 4. The van der Waals surface area contributed by atoms with Gasteiger partial charge in [-0.2, -0.15) is 18.3 Å². The minimum Gasteiger partial charge on any atom is -0.353 e.